The van der Waals surface area contributed by atoms with E-state index in [0.717, 1.165) is 5.56 Å². The van der Waals surface area contributed by atoms with Gasteiger partial charge in [-0.15, -0.1) is 0 Å². The first-order valence-electron chi connectivity index (χ1n) is 16.3. The Morgan fingerprint density at radius 1 is 1.04 bits per heavy atom. The van der Waals surface area contributed by atoms with Gasteiger partial charge in [-0.2, -0.15) is 8.78 Å². The lowest BCUT2D eigenvalue weighted by Crippen LogP contribution is -2.65. The number of nitrogens with zero attached hydrogens (tertiary/aromatic N) is 6. The standard InChI is InChI=1S/C33H52F2N6O4/c1-10-11-33(34,35)28-14-27-26(15-36-28)32(8,9)21-41(27)29(43)20-39-17-23(3)40(30(44)45-31(5,6)7)19-25(39)18-37-12-13-38(24(4)42)16-22(37)2/h14-15,22-23,25H,10-13,16-21H2,1-9H3/t22-,23-,25+/m1/s1. The molecule has 0 bridgehead atoms. The maximum atomic E-state index is 14.9. The monoisotopic (exact) mass is 634 g/mol. The molecule has 0 aromatic carbocycles. The number of anilines is 1. The summed E-state index contributed by atoms with van der Waals surface area (Å²) in [5.74, 6) is -3.20. The minimum atomic E-state index is -3.08. The topological polar surface area (TPSA) is 89.5 Å². The fourth-order valence-corrected chi connectivity index (χ4v) is 6.75. The highest BCUT2D eigenvalue weighted by Crippen LogP contribution is 2.43. The van der Waals surface area contributed by atoms with E-state index in [0.29, 0.717) is 57.9 Å². The number of rotatable bonds is 7. The van der Waals surface area contributed by atoms with Crippen LogP contribution in [0.25, 0.3) is 0 Å². The molecule has 45 heavy (non-hydrogen) atoms. The van der Waals surface area contributed by atoms with Crippen molar-refractivity contribution in [1.82, 2.24) is 24.6 Å². The van der Waals surface area contributed by atoms with E-state index in [9.17, 15) is 23.2 Å². The van der Waals surface area contributed by atoms with E-state index in [2.05, 4.69) is 21.7 Å². The molecule has 0 spiro atoms. The average molecular weight is 635 g/mol. The van der Waals surface area contributed by atoms with Gasteiger partial charge in [-0.3, -0.25) is 24.4 Å². The van der Waals surface area contributed by atoms with Crippen LogP contribution in [-0.2, 0) is 25.7 Å². The Balaban J connectivity index is 1.58. The third-order valence-corrected chi connectivity index (χ3v) is 9.27. The molecule has 2 fully saturated rings. The molecule has 0 aliphatic carbocycles. The van der Waals surface area contributed by atoms with Crippen LogP contribution in [0.3, 0.4) is 0 Å². The highest BCUT2D eigenvalue weighted by Gasteiger charge is 2.44. The Kier molecular flexibility index (Phi) is 10.2. The molecule has 1 aromatic heterocycles. The molecule has 3 atom stereocenters. The maximum Gasteiger partial charge on any atom is 0.410 e. The SMILES string of the molecule is CCCC(F)(F)c1cc2c(cn1)C(C)(C)CN2C(=O)CN1C[C@@H](C)N(C(=O)OC(C)(C)C)C[C@@H]1CN1CCN(C(C)=O)C[C@H]1C. The van der Waals surface area contributed by atoms with Gasteiger partial charge in [0.25, 0.3) is 5.92 Å². The number of pyridine rings is 1. The van der Waals surface area contributed by atoms with Crippen LogP contribution in [0.15, 0.2) is 12.3 Å². The number of carbonyl (C=O) groups excluding carboxylic acids is 3. The summed E-state index contributed by atoms with van der Waals surface area (Å²) in [6.45, 7) is 20.7. The summed E-state index contributed by atoms with van der Waals surface area (Å²) in [5, 5.41) is 0. The number of ether oxygens (including phenoxy) is 1. The third-order valence-electron chi connectivity index (χ3n) is 9.27. The average Bonchev–Trinajstić information content (AvgIpc) is 3.20. The zero-order valence-corrected chi connectivity index (χ0v) is 28.5. The van der Waals surface area contributed by atoms with E-state index >= 15 is 0 Å². The molecule has 10 nitrogen and oxygen atoms in total. The normalized spacial score (nSPS) is 24.5. The number of halogens is 2. The van der Waals surface area contributed by atoms with E-state index < -0.39 is 16.9 Å². The quantitative estimate of drug-likeness (QED) is 0.438. The van der Waals surface area contributed by atoms with Gasteiger partial charge in [-0.1, -0.05) is 27.2 Å². The first kappa shape index (κ1) is 35.0. The van der Waals surface area contributed by atoms with Crippen LogP contribution in [0.5, 0.6) is 0 Å². The Morgan fingerprint density at radius 2 is 1.73 bits per heavy atom. The van der Waals surface area contributed by atoms with Crippen LogP contribution in [-0.4, -0.2) is 119 Å². The molecule has 2 saturated heterocycles. The molecule has 1 aromatic rings. The number of alkyl halides is 2. The number of fused-ring (bicyclic) bond motifs is 1. The van der Waals surface area contributed by atoms with Gasteiger partial charge in [-0.25, -0.2) is 4.79 Å². The van der Waals surface area contributed by atoms with Crippen molar-refractivity contribution in [1.29, 1.82) is 0 Å². The second-order valence-corrected chi connectivity index (χ2v) is 14.8. The van der Waals surface area contributed by atoms with Crippen molar-refractivity contribution < 1.29 is 27.9 Å². The number of carbonyl (C=O) groups is 3. The summed E-state index contributed by atoms with van der Waals surface area (Å²) < 4.78 is 35.5. The Labute approximate surface area is 267 Å². The van der Waals surface area contributed by atoms with Gasteiger partial charge in [0.05, 0.1) is 12.2 Å². The van der Waals surface area contributed by atoms with Crippen molar-refractivity contribution in [3.63, 3.8) is 0 Å². The van der Waals surface area contributed by atoms with Crippen LogP contribution in [0.2, 0.25) is 0 Å². The number of hydrogen-bond donors (Lipinski definition) is 0. The van der Waals surface area contributed by atoms with Gasteiger partial charge in [-0.05, 0) is 40.7 Å². The fourth-order valence-electron chi connectivity index (χ4n) is 6.75. The second-order valence-electron chi connectivity index (χ2n) is 14.8. The van der Waals surface area contributed by atoms with Gasteiger partial charge in [0, 0.05) is 94.5 Å². The Bertz CT molecular complexity index is 1270. The molecule has 12 heteroatoms. The summed E-state index contributed by atoms with van der Waals surface area (Å²) in [5.41, 5.74) is -0.116. The van der Waals surface area contributed by atoms with Crippen molar-refractivity contribution in [2.75, 3.05) is 57.3 Å². The van der Waals surface area contributed by atoms with E-state index in [1.807, 2.05) is 46.4 Å². The highest BCUT2D eigenvalue weighted by atomic mass is 19.3. The summed E-state index contributed by atoms with van der Waals surface area (Å²) in [4.78, 5) is 53.1. The maximum absolute atomic E-state index is 14.9. The van der Waals surface area contributed by atoms with Crippen LogP contribution in [0.1, 0.15) is 86.4 Å². The number of amides is 3. The molecule has 0 saturated carbocycles. The van der Waals surface area contributed by atoms with Crippen molar-refractivity contribution in [3.8, 4) is 0 Å². The van der Waals surface area contributed by atoms with Crippen molar-refractivity contribution in [2.24, 2.45) is 0 Å². The van der Waals surface area contributed by atoms with Gasteiger partial charge in [0.15, 0.2) is 0 Å². The smallest absolute Gasteiger partial charge is 0.410 e. The third kappa shape index (κ3) is 7.93. The number of piperazine rings is 2. The lowest BCUT2D eigenvalue weighted by atomic mass is 9.88. The van der Waals surface area contributed by atoms with Gasteiger partial charge in [0.1, 0.15) is 11.3 Å². The largest absolute Gasteiger partial charge is 0.444 e. The molecule has 3 aliphatic heterocycles. The molecule has 3 amide bonds. The molecule has 3 aliphatic rings. The van der Waals surface area contributed by atoms with E-state index in [1.165, 1.54) is 12.3 Å². The van der Waals surface area contributed by atoms with E-state index in [-0.39, 0.29) is 54.7 Å². The minimum Gasteiger partial charge on any atom is -0.444 e. The lowest BCUT2D eigenvalue weighted by molar-refractivity contribution is -0.132. The molecular formula is C33H52F2N6O4. The number of hydrogen-bond acceptors (Lipinski definition) is 7. The Hall–Kier alpha value is -2.86. The highest BCUT2D eigenvalue weighted by molar-refractivity contribution is 5.97. The molecule has 0 unspecified atom stereocenters. The van der Waals surface area contributed by atoms with Crippen LogP contribution in [0.4, 0.5) is 19.3 Å². The molecule has 4 heterocycles. The van der Waals surface area contributed by atoms with Crippen molar-refractivity contribution in [2.45, 2.75) is 110 Å². The van der Waals surface area contributed by atoms with Crippen LogP contribution in [0, 0.1) is 0 Å². The zero-order chi connectivity index (χ0) is 33.5. The fraction of sp³-hybridized carbons (Fsp3) is 0.758. The van der Waals surface area contributed by atoms with Gasteiger partial charge in [0.2, 0.25) is 11.8 Å². The van der Waals surface area contributed by atoms with Crippen LogP contribution < -0.4 is 4.90 Å². The molecule has 4 rings (SSSR count). The zero-order valence-electron chi connectivity index (χ0n) is 28.5. The summed E-state index contributed by atoms with van der Waals surface area (Å²) in [6.07, 6.45) is 1.13. The summed E-state index contributed by atoms with van der Waals surface area (Å²) >= 11 is 0. The van der Waals surface area contributed by atoms with E-state index in [4.69, 9.17) is 4.74 Å². The van der Waals surface area contributed by atoms with Crippen molar-refractivity contribution >= 4 is 23.6 Å². The minimum absolute atomic E-state index is 0.0518. The first-order chi connectivity index (χ1) is 20.8. The molecule has 252 valence electrons. The predicted molar refractivity (Wildman–Crippen MR) is 169 cm³/mol. The number of aromatic nitrogens is 1. The molecule has 0 radical (unpaired) electrons. The van der Waals surface area contributed by atoms with E-state index in [1.54, 1.807) is 23.6 Å². The molecular weight excluding hydrogens is 582 g/mol. The van der Waals surface area contributed by atoms with Gasteiger partial charge < -0.3 is 19.4 Å². The predicted octanol–water partition coefficient (Wildman–Crippen LogP) is 4.46. The van der Waals surface area contributed by atoms with Gasteiger partial charge >= 0.3 is 6.09 Å². The second kappa shape index (κ2) is 13.1. The van der Waals surface area contributed by atoms with Crippen LogP contribution >= 0.6 is 0 Å². The van der Waals surface area contributed by atoms with Crippen molar-refractivity contribution in [3.05, 3.63) is 23.5 Å². The first-order valence-corrected chi connectivity index (χ1v) is 16.3. The summed E-state index contributed by atoms with van der Waals surface area (Å²) in [6, 6.07) is 1.12. The molecule has 0 N–H and O–H groups in total. The summed E-state index contributed by atoms with van der Waals surface area (Å²) in [7, 11) is 0. The lowest BCUT2D eigenvalue weighted by Gasteiger charge is -2.48. The Morgan fingerprint density at radius 3 is 2.33 bits per heavy atom.